The molecule has 4 heteroatoms. The van der Waals surface area contributed by atoms with Crippen LogP contribution in [0, 0.1) is 0 Å². The van der Waals surface area contributed by atoms with E-state index in [4.69, 9.17) is 0 Å². The number of aryl methyl sites for hydroxylation is 1. The van der Waals surface area contributed by atoms with Crippen molar-refractivity contribution in [1.82, 2.24) is 10.2 Å². The fourth-order valence-corrected chi connectivity index (χ4v) is 3.71. The summed E-state index contributed by atoms with van der Waals surface area (Å²) in [5.74, 6) is 0. The maximum absolute atomic E-state index is 3.53. The van der Waals surface area contributed by atoms with Crippen LogP contribution in [0.4, 0.5) is 0 Å². The molecule has 0 aliphatic rings. The molecule has 0 saturated carbocycles. The zero-order valence-electron chi connectivity index (χ0n) is 23.6. The van der Waals surface area contributed by atoms with E-state index in [2.05, 4.69) is 52.3 Å². The van der Waals surface area contributed by atoms with Crippen LogP contribution in [0.1, 0.15) is 98.2 Å². The first-order chi connectivity index (χ1) is 16.9. The number of nitrogens with zero attached hydrogens (tertiary/aromatic N) is 3. The molecule has 0 bridgehead atoms. The summed E-state index contributed by atoms with van der Waals surface area (Å²) in [4.78, 5) is 0. The van der Waals surface area contributed by atoms with Gasteiger partial charge in [-0.3, -0.25) is 0 Å². The minimum absolute atomic E-state index is 0. The van der Waals surface area contributed by atoms with Crippen LogP contribution in [-0.4, -0.2) is 10.2 Å². The van der Waals surface area contributed by atoms with E-state index in [1.807, 2.05) is 48.5 Å². The number of benzene rings is 1. The monoisotopic (exact) mass is 502 g/mol. The van der Waals surface area contributed by atoms with Crippen LogP contribution in [0.3, 0.4) is 0 Å². The zero-order valence-corrected chi connectivity index (χ0v) is 25.7. The molecule has 2 aromatic heterocycles. The van der Waals surface area contributed by atoms with Crippen molar-refractivity contribution in [1.29, 1.82) is 0 Å². The Balaban J connectivity index is 0. The third-order valence-corrected chi connectivity index (χ3v) is 5.70. The second-order valence-corrected chi connectivity index (χ2v) is 8.78. The SMILES string of the molecule is CCCCCCCCCCCCCCCC[n+]1ccccc1.[H-].[K+].c1ccccc1.c1ccnnc1. The first-order valence-corrected chi connectivity index (χ1v) is 13.6. The van der Waals surface area contributed by atoms with Gasteiger partial charge < -0.3 is 1.43 Å². The molecule has 2 heterocycles. The third kappa shape index (κ3) is 26.0. The molecule has 188 valence electrons. The van der Waals surface area contributed by atoms with Gasteiger partial charge in [-0.25, -0.2) is 4.57 Å². The smallest absolute Gasteiger partial charge is 1.00 e. The van der Waals surface area contributed by atoms with Gasteiger partial charge in [-0.2, -0.15) is 10.2 Å². The van der Waals surface area contributed by atoms with Gasteiger partial charge in [0.2, 0.25) is 0 Å². The molecule has 0 spiro atoms. The van der Waals surface area contributed by atoms with Crippen LogP contribution in [0.2, 0.25) is 0 Å². The molecule has 3 nitrogen and oxygen atoms in total. The van der Waals surface area contributed by atoms with E-state index in [1.165, 1.54) is 96.4 Å². The topological polar surface area (TPSA) is 29.7 Å². The van der Waals surface area contributed by atoms with Gasteiger partial charge in [-0.1, -0.05) is 126 Å². The van der Waals surface area contributed by atoms with Crippen LogP contribution >= 0.6 is 0 Å². The summed E-state index contributed by atoms with van der Waals surface area (Å²) < 4.78 is 2.29. The first kappa shape index (κ1) is 34.1. The molecule has 0 aliphatic heterocycles. The van der Waals surface area contributed by atoms with E-state index in [0.717, 1.165) is 0 Å². The standard InChI is InChI=1S/C21H38N.C6H6.C4H4N2.K.H/c1-2-3-4-5-6-7-8-9-10-11-12-13-14-16-19-22-20-17-15-18-21-22;2*1-2-4-6-5-3-1;;/h15,17-18,20-21H,2-14,16,19H2,1H3;1-6H;1-4H;;/q+1;;;+1;-1. The van der Waals surface area contributed by atoms with Gasteiger partial charge in [0.05, 0.1) is 0 Å². The summed E-state index contributed by atoms with van der Waals surface area (Å²) in [5.41, 5.74) is 0. The Kier molecular flexibility index (Phi) is 28.6. The second kappa shape index (κ2) is 29.3. The molecule has 0 saturated heterocycles. The van der Waals surface area contributed by atoms with Gasteiger partial charge in [-0.15, -0.1) is 0 Å². The minimum Gasteiger partial charge on any atom is -1.00 e. The summed E-state index contributed by atoms with van der Waals surface area (Å²) in [6.45, 7) is 3.47. The molecular weight excluding hydrogens is 453 g/mol. The molecule has 3 rings (SSSR count). The molecule has 0 aliphatic carbocycles. The number of rotatable bonds is 15. The fourth-order valence-electron chi connectivity index (χ4n) is 3.71. The maximum Gasteiger partial charge on any atom is 1.00 e. The van der Waals surface area contributed by atoms with E-state index in [9.17, 15) is 0 Å². The van der Waals surface area contributed by atoms with Crippen molar-refractivity contribution in [3.05, 3.63) is 91.5 Å². The predicted octanol–water partition coefficient (Wildman–Crippen LogP) is 5.74. The predicted molar refractivity (Wildman–Crippen MR) is 147 cm³/mol. The molecule has 35 heavy (non-hydrogen) atoms. The zero-order chi connectivity index (χ0) is 24.2. The van der Waals surface area contributed by atoms with E-state index in [1.54, 1.807) is 12.4 Å². The van der Waals surface area contributed by atoms with Crippen LogP contribution in [-0.2, 0) is 6.54 Å². The number of pyridine rings is 1. The Hall–Kier alpha value is -0.914. The van der Waals surface area contributed by atoms with E-state index in [0.29, 0.717) is 0 Å². The Morgan fingerprint density at radius 1 is 0.457 bits per heavy atom. The third-order valence-electron chi connectivity index (χ3n) is 5.70. The minimum atomic E-state index is 0. The van der Waals surface area contributed by atoms with Gasteiger partial charge in [0, 0.05) is 30.9 Å². The summed E-state index contributed by atoms with van der Waals surface area (Å²) in [6, 6.07) is 22.0. The average Bonchev–Trinajstić information content (AvgIpc) is 2.92. The number of aromatic nitrogens is 3. The normalized spacial score (nSPS) is 9.63. The largest absolute Gasteiger partial charge is 1.00 e. The van der Waals surface area contributed by atoms with Crippen molar-refractivity contribution in [2.75, 3.05) is 0 Å². The van der Waals surface area contributed by atoms with Crippen molar-refractivity contribution in [3.8, 4) is 0 Å². The molecule has 0 N–H and O–H groups in total. The Bertz CT molecular complexity index is 648. The van der Waals surface area contributed by atoms with E-state index < -0.39 is 0 Å². The van der Waals surface area contributed by atoms with Crippen molar-refractivity contribution in [2.24, 2.45) is 0 Å². The van der Waals surface area contributed by atoms with Crippen molar-refractivity contribution >= 4 is 0 Å². The van der Waals surface area contributed by atoms with E-state index in [-0.39, 0.29) is 52.8 Å². The maximum atomic E-state index is 3.53. The summed E-state index contributed by atoms with van der Waals surface area (Å²) in [6.07, 6.45) is 27.7. The molecule has 0 radical (unpaired) electrons. The molecule has 0 atom stereocenters. The molecule has 3 aromatic rings. The molecule has 0 fully saturated rings. The van der Waals surface area contributed by atoms with Gasteiger partial charge >= 0.3 is 51.4 Å². The molecule has 0 amide bonds. The second-order valence-electron chi connectivity index (χ2n) is 8.78. The Labute approximate surface area is 260 Å². The van der Waals surface area contributed by atoms with Crippen molar-refractivity contribution in [2.45, 2.75) is 103 Å². The van der Waals surface area contributed by atoms with Crippen molar-refractivity contribution in [3.63, 3.8) is 0 Å². The van der Waals surface area contributed by atoms with Gasteiger partial charge in [0.25, 0.3) is 0 Å². The van der Waals surface area contributed by atoms with Crippen LogP contribution < -0.4 is 56.0 Å². The summed E-state index contributed by atoms with van der Waals surface area (Å²) in [5, 5.41) is 7.07. The van der Waals surface area contributed by atoms with Gasteiger partial charge in [0.1, 0.15) is 6.54 Å². The van der Waals surface area contributed by atoms with Crippen LogP contribution in [0.5, 0.6) is 0 Å². The quantitative estimate of drug-likeness (QED) is 0.151. The summed E-state index contributed by atoms with van der Waals surface area (Å²) in [7, 11) is 0. The Morgan fingerprint density at radius 2 is 0.800 bits per heavy atom. The molecule has 0 unspecified atom stereocenters. The van der Waals surface area contributed by atoms with Crippen LogP contribution in [0.25, 0.3) is 0 Å². The number of unbranched alkanes of at least 4 members (excludes halogenated alkanes) is 13. The van der Waals surface area contributed by atoms with Gasteiger partial charge in [0.15, 0.2) is 12.4 Å². The fraction of sp³-hybridized carbons (Fsp3) is 0.516. The van der Waals surface area contributed by atoms with Crippen LogP contribution in [0.15, 0.2) is 91.5 Å². The number of hydrogen-bond donors (Lipinski definition) is 0. The Morgan fingerprint density at radius 3 is 1.14 bits per heavy atom. The first-order valence-electron chi connectivity index (χ1n) is 13.6. The summed E-state index contributed by atoms with van der Waals surface area (Å²) >= 11 is 0. The van der Waals surface area contributed by atoms with Gasteiger partial charge in [-0.05, 0) is 18.6 Å². The molecular formula is C31H49KN3+. The molecule has 1 aromatic carbocycles. The van der Waals surface area contributed by atoms with Crippen molar-refractivity contribution < 1.29 is 57.4 Å². The number of hydrogen-bond acceptors (Lipinski definition) is 2. The average molecular weight is 503 g/mol. The van der Waals surface area contributed by atoms with E-state index >= 15 is 0 Å².